The van der Waals surface area contributed by atoms with Gasteiger partial charge < -0.3 is 18.9 Å². The van der Waals surface area contributed by atoms with E-state index in [4.69, 9.17) is 18.9 Å². The number of carbonyl (C=O) groups excluding carboxylic acids is 3. The highest BCUT2D eigenvalue weighted by Gasteiger charge is 2.41. The van der Waals surface area contributed by atoms with Gasteiger partial charge in [-0.15, -0.1) is 0 Å². The first-order valence-corrected chi connectivity index (χ1v) is 7.43. The van der Waals surface area contributed by atoms with Crippen molar-refractivity contribution >= 4 is 17.9 Å². The minimum absolute atomic E-state index is 0.115. The lowest BCUT2D eigenvalue weighted by molar-refractivity contribution is -0.199. The standard InChI is InChI=1S/C16H28O7/c1-11(17)20-8-14(22-9-15(4,5)6)16(7,23-13(3)19)10-21-12(2)18/h14H,8-10H2,1-7H3/t14-,16-/m1/s1. The average Bonchev–Trinajstić information content (AvgIpc) is 2.33. The normalized spacial score (nSPS) is 15.3. The second kappa shape index (κ2) is 8.86. The molecule has 0 N–H and O–H groups in total. The van der Waals surface area contributed by atoms with E-state index < -0.39 is 29.6 Å². The van der Waals surface area contributed by atoms with Crippen molar-refractivity contribution in [2.45, 2.75) is 60.2 Å². The van der Waals surface area contributed by atoms with E-state index in [1.807, 2.05) is 20.8 Å². The van der Waals surface area contributed by atoms with Gasteiger partial charge in [0.2, 0.25) is 0 Å². The summed E-state index contributed by atoms with van der Waals surface area (Å²) in [5, 5.41) is 0. The van der Waals surface area contributed by atoms with E-state index in [0.29, 0.717) is 6.61 Å². The van der Waals surface area contributed by atoms with Gasteiger partial charge in [0.25, 0.3) is 0 Å². The molecule has 0 bridgehead atoms. The van der Waals surface area contributed by atoms with Crippen molar-refractivity contribution in [1.29, 1.82) is 0 Å². The molecule has 0 heterocycles. The highest BCUT2D eigenvalue weighted by atomic mass is 16.6. The summed E-state index contributed by atoms with van der Waals surface area (Å²) >= 11 is 0. The van der Waals surface area contributed by atoms with Crippen molar-refractivity contribution in [3.8, 4) is 0 Å². The molecule has 0 rings (SSSR count). The molecule has 0 aliphatic carbocycles. The predicted molar refractivity (Wildman–Crippen MR) is 82.6 cm³/mol. The Hall–Kier alpha value is -1.63. The summed E-state index contributed by atoms with van der Waals surface area (Å²) in [4.78, 5) is 33.6. The maximum absolute atomic E-state index is 11.4. The summed E-state index contributed by atoms with van der Waals surface area (Å²) in [6.45, 7) is 11.3. The average molecular weight is 332 g/mol. The number of hydrogen-bond donors (Lipinski definition) is 0. The summed E-state index contributed by atoms with van der Waals surface area (Å²) in [5.74, 6) is -1.54. The molecule has 0 saturated heterocycles. The Morgan fingerprint density at radius 3 is 1.74 bits per heavy atom. The monoisotopic (exact) mass is 332 g/mol. The van der Waals surface area contributed by atoms with Crippen LogP contribution in [0.4, 0.5) is 0 Å². The Bertz CT molecular complexity index is 425. The van der Waals surface area contributed by atoms with E-state index in [-0.39, 0.29) is 18.6 Å². The number of ether oxygens (including phenoxy) is 4. The van der Waals surface area contributed by atoms with Crippen LogP contribution in [0.1, 0.15) is 48.5 Å². The van der Waals surface area contributed by atoms with Crippen molar-refractivity contribution in [2.24, 2.45) is 5.41 Å². The van der Waals surface area contributed by atoms with Crippen molar-refractivity contribution in [3.63, 3.8) is 0 Å². The second-order valence-electron chi connectivity index (χ2n) is 6.85. The minimum atomic E-state index is -1.27. The second-order valence-corrected chi connectivity index (χ2v) is 6.85. The van der Waals surface area contributed by atoms with Gasteiger partial charge in [-0.05, 0) is 12.3 Å². The van der Waals surface area contributed by atoms with Crippen LogP contribution in [0.15, 0.2) is 0 Å². The predicted octanol–water partition coefficient (Wildman–Crippen LogP) is 1.87. The van der Waals surface area contributed by atoms with Crippen LogP contribution in [0, 0.1) is 5.41 Å². The van der Waals surface area contributed by atoms with E-state index in [9.17, 15) is 14.4 Å². The largest absolute Gasteiger partial charge is 0.463 e. The van der Waals surface area contributed by atoms with Gasteiger partial charge in [-0.2, -0.15) is 0 Å². The summed E-state index contributed by atoms with van der Waals surface area (Å²) in [5.41, 5.74) is -1.41. The first-order chi connectivity index (χ1) is 10.4. The van der Waals surface area contributed by atoms with Crippen LogP contribution in [0.3, 0.4) is 0 Å². The minimum Gasteiger partial charge on any atom is -0.463 e. The van der Waals surface area contributed by atoms with Crippen LogP contribution in [0.5, 0.6) is 0 Å². The summed E-state index contributed by atoms with van der Waals surface area (Å²) in [6.07, 6.45) is -0.770. The molecule has 0 radical (unpaired) electrons. The number of carbonyl (C=O) groups is 3. The van der Waals surface area contributed by atoms with Gasteiger partial charge in [0, 0.05) is 20.8 Å². The Kier molecular flexibility index (Phi) is 8.23. The molecular formula is C16H28O7. The molecule has 0 saturated carbocycles. The number of esters is 3. The molecule has 0 amide bonds. The zero-order valence-corrected chi connectivity index (χ0v) is 15.1. The van der Waals surface area contributed by atoms with Crippen LogP contribution in [-0.4, -0.2) is 49.4 Å². The SMILES string of the molecule is CC(=O)OC[C@@H](OCC(C)(C)C)[C@@](C)(COC(C)=O)OC(C)=O. The van der Waals surface area contributed by atoms with Crippen molar-refractivity contribution in [3.05, 3.63) is 0 Å². The maximum atomic E-state index is 11.4. The van der Waals surface area contributed by atoms with Crippen molar-refractivity contribution < 1.29 is 33.3 Å². The molecule has 0 aliphatic heterocycles. The molecular weight excluding hydrogens is 304 g/mol. The van der Waals surface area contributed by atoms with Gasteiger partial charge >= 0.3 is 17.9 Å². The fourth-order valence-corrected chi connectivity index (χ4v) is 1.71. The molecule has 7 nitrogen and oxygen atoms in total. The molecule has 0 fully saturated rings. The summed E-state index contributed by atoms with van der Waals surface area (Å²) in [6, 6.07) is 0. The molecule has 7 heteroatoms. The van der Waals surface area contributed by atoms with E-state index in [0.717, 1.165) is 0 Å². The lowest BCUT2D eigenvalue weighted by Crippen LogP contribution is -2.52. The maximum Gasteiger partial charge on any atom is 0.303 e. The lowest BCUT2D eigenvalue weighted by atomic mass is 9.96. The quantitative estimate of drug-likeness (QED) is 0.495. The van der Waals surface area contributed by atoms with Crippen LogP contribution in [0.2, 0.25) is 0 Å². The van der Waals surface area contributed by atoms with Crippen LogP contribution in [0.25, 0.3) is 0 Å². The molecule has 0 unspecified atom stereocenters. The summed E-state index contributed by atoms with van der Waals surface area (Å²) in [7, 11) is 0. The first kappa shape index (κ1) is 21.4. The first-order valence-electron chi connectivity index (χ1n) is 7.43. The van der Waals surface area contributed by atoms with E-state index in [1.54, 1.807) is 6.92 Å². The third-order valence-corrected chi connectivity index (χ3v) is 2.78. The van der Waals surface area contributed by atoms with E-state index >= 15 is 0 Å². The van der Waals surface area contributed by atoms with Gasteiger partial charge in [0.05, 0.1) is 6.61 Å². The zero-order valence-electron chi connectivity index (χ0n) is 15.1. The third kappa shape index (κ3) is 9.89. The zero-order chi connectivity index (χ0) is 18.3. The van der Waals surface area contributed by atoms with Gasteiger partial charge in [-0.25, -0.2) is 0 Å². The Morgan fingerprint density at radius 2 is 1.35 bits per heavy atom. The van der Waals surface area contributed by atoms with Crippen molar-refractivity contribution in [1.82, 2.24) is 0 Å². The van der Waals surface area contributed by atoms with E-state index in [2.05, 4.69) is 0 Å². The fraction of sp³-hybridized carbons (Fsp3) is 0.812. The van der Waals surface area contributed by atoms with Crippen LogP contribution in [-0.2, 0) is 33.3 Å². The number of hydrogen-bond acceptors (Lipinski definition) is 7. The summed E-state index contributed by atoms with van der Waals surface area (Å²) < 4.78 is 21.1. The van der Waals surface area contributed by atoms with Gasteiger partial charge in [-0.3, -0.25) is 14.4 Å². The highest BCUT2D eigenvalue weighted by Crippen LogP contribution is 2.24. The lowest BCUT2D eigenvalue weighted by Gasteiger charge is -2.36. The van der Waals surface area contributed by atoms with Crippen LogP contribution >= 0.6 is 0 Å². The Morgan fingerprint density at radius 1 is 0.826 bits per heavy atom. The molecule has 134 valence electrons. The molecule has 0 aromatic rings. The molecule has 23 heavy (non-hydrogen) atoms. The fourth-order valence-electron chi connectivity index (χ4n) is 1.71. The highest BCUT2D eigenvalue weighted by molar-refractivity contribution is 5.67. The van der Waals surface area contributed by atoms with Crippen LogP contribution < -0.4 is 0 Å². The Balaban J connectivity index is 5.25. The topological polar surface area (TPSA) is 88.1 Å². The Labute approximate surface area is 137 Å². The molecule has 0 aromatic heterocycles. The molecule has 0 spiro atoms. The van der Waals surface area contributed by atoms with Crippen molar-refractivity contribution in [2.75, 3.05) is 19.8 Å². The van der Waals surface area contributed by atoms with Gasteiger partial charge in [-0.1, -0.05) is 20.8 Å². The van der Waals surface area contributed by atoms with E-state index in [1.165, 1.54) is 20.8 Å². The molecule has 2 atom stereocenters. The smallest absolute Gasteiger partial charge is 0.303 e. The third-order valence-electron chi connectivity index (χ3n) is 2.78. The van der Waals surface area contributed by atoms with Gasteiger partial charge in [0.1, 0.15) is 19.3 Å². The number of rotatable bonds is 8. The molecule has 0 aliphatic rings. The van der Waals surface area contributed by atoms with Gasteiger partial charge in [0.15, 0.2) is 5.60 Å². The molecule has 0 aromatic carbocycles.